The van der Waals surface area contributed by atoms with E-state index < -0.39 is 0 Å². The Kier molecular flexibility index (Phi) is 5.22. The van der Waals surface area contributed by atoms with Crippen molar-refractivity contribution in [1.82, 2.24) is 14.3 Å². The first-order valence-corrected chi connectivity index (χ1v) is 10.3. The second-order valence-corrected chi connectivity index (χ2v) is 8.50. The second-order valence-electron chi connectivity index (χ2n) is 6.82. The van der Waals surface area contributed by atoms with Gasteiger partial charge in [0.25, 0.3) is 11.5 Å². The van der Waals surface area contributed by atoms with Crippen LogP contribution in [0.25, 0.3) is 11.7 Å². The number of aromatic nitrogens is 2. The van der Waals surface area contributed by atoms with Gasteiger partial charge in [0.2, 0.25) is 0 Å². The van der Waals surface area contributed by atoms with Crippen LogP contribution in [0.4, 0.5) is 5.82 Å². The topological polar surface area (TPSA) is 75.9 Å². The molecule has 28 heavy (non-hydrogen) atoms. The molecule has 1 N–H and O–H groups in total. The molecule has 0 bridgehead atoms. The van der Waals surface area contributed by atoms with Crippen LogP contribution in [0, 0.1) is 6.92 Å². The van der Waals surface area contributed by atoms with Crippen molar-refractivity contribution < 1.29 is 9.53 Å². The van der Waals surface area contributed by atoms with Crippen LogP contribution >= 0.6 is 24.0 Å². The van der Waals surface area contributed by atoms with Crippen LogP contribution in [-0.4, -0.2) is 50.8 Å². The van der Waals surface area contributed by atoms with Gasteiger partial charge in [0, 0.05) is 26.4 Å². The number of rotatable bonds is 4. The molecular formula is C19H20N4O3S2. The molecule has 2 aliphatic heterocycles. The van der Waals surface area contributed by atoms with Gasteiger partial charge in [0.05, 0.1) is 16.6 Å². The van der Waals surface area contributed by atoms with E-state index in [1.807, 2.05) is 13.0 Å². The van der Waals surface area contributed by atoms with Crippen LogP contribution in [0.3, 0.4) is 0 Å². The highest BCUT2D eigenvalue weighted by Gasteiger charge is 2.29. The highest BCUT2D eigenvalue weighted by Crippen LogP contribution is 2.32. The quantitative estimate of drug-likeness (QED) is 0.606. The van der Waals surface area contributed by atoms with E-state index >= 15 is 0 Å². The van der Waals surface area contributed by atoms with E-state index in [1.165, 1.54) is 21.1 Å². The number of carbonyl (C=O) groups is 1. The molecule has 9 heteroatoms. The van der Waals surface area contributed by atoms with Crippen molar-refractivity contribution in [2.24, 2.45) is 0 Å². The van der Waals surface area contributed by atoms with Gasteiger partial charge < -0.3 is 10.1 Å². The fourth-order valence-electron chi connectivity index (χ4n) is 3.27. The van der Waals surface area contributed by atoms with Crippen LogP contribution < -0.4 is 10.9 Å². The molecule has 146 valence electrons. The van der Waals surface area contributed by atoms with E-state index in [2.05, 4.69) is 10.3 Å². The van der Waals surface area contributed by atoms with Gasteiger partial charge in [-0.05, 0) is 37.5 Å². The Hall–Kier alpha value is -2.23. The fourth-order valence-corrected chi connectivity index (χ4v) is 4.43. The van der Waals surface area contributed by atoms with Crippen LogP contribution in [0.1, 0.15) is 24.0 Å². The summed E-state index contributed by atoms with van der Waals surface area (Å²) in [6, 6.07) is 3.72. The average Bonchev–Trinajstić information content (AvgIpc) is 3.28. The third-order valence-electron chi connectivity index (χ3n) is 4.87. The van der Waals surface area contributed by atoms with Crippen LogP contribution in [-0.2, 0) is 9.53 Å². The number of nitrogens with one attached hydrogen (secondary N) is 1. The summed E-state index contributed by atoms with van der Waals surface area (Å²) in [5.41, 5.74) is 1.59. The number of amides is 1. The normalized spacial score (nSPS) is 21.3. The number of carbonyl (C=O) groups excluding carboxylic acids is 1. The van der Waals surface area contributed by atoms with Crippen molar-refractivity contribution in [3.8, 4) is 0 Å². The first-order valence-electron chi connectivity index (χ1n) is 9.04. The summed E-state index contributed by atoms with van der Waals surface area (Å²) in [6.45, 7) is 3.22. The Morgan fingerprint density at radius 2 is 2.29 bits per heavy atom. The van der Waals surface area contributed by atoms with Crippen molar-refractivity contribution in [3.05, 3.63) is 44.7 Å². The molecule has 4 heterocycles. The molecule has 2 aromatic rings. The summed E-state index contributed by atoms with van der Waals surface area (Å²) in [6.07, 6.45) is 5.38. The largest absolute Gasteiger partial charge is 0.376 e. The molecule has 0 saturated carbocycles. The summed E-state index contributed by atoms with van der Waals surface area (Å²) in [5, 5.41) is 3.27. The van der Waals surface area contributed by atoms with Gasteiger partial charge in [0.1, 0.15) is 15.8 Å². The molecule has 1 amide bonds. The number of thioether (sulfide) groups is 1. The molecule has 0 spiro atoms. The molecular weight excluding hydrogens is 396 g/mol. The number of hydrogen-bond donors (Lipinski definition) is 1. The molecule has 0 aromatic carbocycles. The summed E-state index contributed by atoms with van der Waals surface area (Å²) in [7, 11) is 1.63. The second kappa shape index (κ2) is 7.65. The number of fused-ring (bicyclic) bond motifs is 1. The van der Waals surface area contributed by atoms with Gasteiger partial charge in [-0.1, -0.05) is 30.0 Å². The number of thiocarbonyl (C=S) groups is 1. The van der Waals surface area contributed by atoms with E-state index in [0.29, 0.717) is 32.8 Å². The van der Waals surface area contributed by atoms with Crippen molar-refractivity contribution >= 4 is 51.7 Å². The highest BCUT2D eigenvalue weighted by molar-refractivity contribution is 8.26. The molecule has 1 atom stereocenters. The van der Waals surface area contributed by atoms with E-state index in [4.69, 9.17) is 17.0 Å². The van der Waals surface area contributed by atoms with Crippen LogP contribution in [0.5, 0.6) is 0 Å². The Balaban J connectivity index is 1.81. The zero-order chi connectivity index (χ0) is 19.8. The Labute approximate surface area is 171 Å². The number of anilines is 1. The van der Waals surface area contributed by atoms with Gasteiger partial charge in [-0.15, -0.1) is 0 Å². The van der Waals surface area contributed by atoms with Crippen molar-refractivity contribution in [2.45, 2.75) is 25.9 Å². The van der Waals surface area contributed by atoms with Crippen LogP contribution in [0.15, 0.2) is 28.0 Å². The molecule has 2 fully saturated rings. The summed E-state index contributed by atoms with van der Waals surface area (Å²) in [5.74, 6) is 0.241. The number of hydrogen-bond acceptors (Lipinski definition) is 7. The summed E-state index contributed by atoms with van der Waals surface area (Å²) >= 11 is 6.38. The molecule has 4 rings (SSSR count). The Morgan fingerprint density at radius 3 is 2.96 bits per heavy atom. The van der Waals surface area contributed by atoms with Gasteiger partial charge in [-0.2, -0.15) is 0 Å². The lowest BCUT2D eigenvalue weighted by molar-refractivity contribution is -0.121. The molecule has 2 aromatic heterocycles. The van der Waals surface area contributed by atoms with E-state index in [9.17, 15) is 9.59 Å². The lowest BCUT2D eigenvalue weighted by Gasteiger charge is -2.15. The van der Waals surface area contributed by atoms with Gasteiger partial charge in [0.15, 0.2) is 0 Å². The van der Waals surface area contributed by atoms with Gasteiger partial charge in [-0.25, -0.2) is 4.98 Å². The Morgan fingerprint density at radius 1 is 1.46 bits per heavy atom. The van der Waals surface area contributed by atoms with Gasteiger partial charge in [-0.3, -0.25) is 18.9 Å². The number of aryl methyl sites for hydroxylation is 1. The summed E-state index contributed by atoms with van der Waals surface area (Å²) in [4.78, 5) is 32.1. The highest BCUT2D eigenvalue weighted by atomic mass is 32.2. The number of nitrogens with zero attached hydrogens (tertiary/aromatic N) is 3. The van der Waals surface area contributed by atoms with Gasteiger partial charge >= 0.3 is 0 Å². The third kappa shape index (κ3) is 3.45. The van der Waals surface area contributed by atoms with Crippen molar-refractivity contribution in [1.29, 1.82) is 0 Å². The minimum absolute atomic E-state index is 0.0961. The maximum atomic E-state index is 13.2. The van der Waals surface area contributed by atoms with Crippen LogP contribution in [0.2, 0.25) is 0 Å². The summed E-state index contributed by atoms with van der Waals surface area (Å²) < 4.78 is 7.64. The van der Waals surface area contributed by atoms with E-state index in [0.717, 1.165) is 25.0 Å². The Bertz CT molecular complexity index is 1060. The minimum atomic E-state index is -0.232. The first-order chi connectivity index (χ1) is 13.5. The lowest BCUT2D eigenvalue weighted by atomic mass is 10.2. The first kappa shape index (κ1) is 19.1. The van der Waals surface area contributed by atoms with E-state index in [-0.39, 0.29) is 17.6 Å². The SMILES string of the molecule is Cc1cccn2c(=O)c(/C=C3\SC(=S)N(C)C3=O)c(NC[C@@H]3CCCO3)nc12. The zero-order valence-electron chi connectivity index (χ0n) is 15.6. The fraction of sp³-hybridized carbons (Fsp3) is 0.368. The molecule has 0 unspecified atom stereocenters. The lowest BCUT2D eigenvalue weighted by Crippen LogP contribution is -2.25. The molecule has 0 radical (unpaired) electrons. The molecule has 0 aliphatic carbocycles. The monoisotopic (exact) mass is 416 g/mol. The minimum Gasteiger partial charge on any atom is -0.376 e. The number of pyridine rings is 1. The zero-order valence-corrected chi connectivity index (χ0v) is 17.2. The predicted molar refractivity (Wildman–Crippen MR) is 115 cm³/mol. The standard InChI is InChI=1S/C19H20N4O3S2/c1-11-5-3-7-23-16(11)21-15(20-10-12-6-4-8-26-12)13(17(23)24)9-14-18(25)22(2)19(27)28-14/h3,5,7,9,12,20H,4,6,8,10H2,1-2H3/b14-9-/t12-/m0/s1. The molecule has 2 saturated heterocycles. The predicted octanol–water partition coefficient (Wildman–Crippen LogP) is 2.42. The molecule has 7 nitrogen and oxygen atoms in total. The van der Waals surface area contributed by atoms with E-state index in [1.54, 1.807) is 25.4 Å². The average molecular weight is 417 g/mol. The van der Waals surface area contributed by atoms with Crippen molar-refractivity contribution in [2.75, 3.05) is 25.5 Å². The maximum absolute atomic E-state index is 13.2. The number of likely N-dealkylation sites (N-methyl/N-ethyl adjacent to an activating group) is 1. The number of ether oxygens (including phenoxy) is 1. The molecule has 2 aliphatic rings. The maximum Gasteiger partial charge on any atom is 0.267 e. The van der Waals surface area contributed by atoms with Crippen molar-refractivity contribution in [3.63, 3.8) is 0 Å². The third-order valence-corrected chi connectivity index (χ3v) is 6.35. The smallest absolute Gasteiger partial charge is 0.267 e.